The van der Waals surface area contributed by atoms with E-state index in [0.717, 1.165) is 41.4 Å². The molecule has 0 bridgehead atoms. The lowest BCUT2D eigenvalue weighted by atomic mass is 9.65. The molecule has 7 atom stereocenters. The van der Waals surface area contributed by atoms with Crippen LogP contribution >= 0.6 is 0 Å². The molecule has 0 radical (unpaired) electrons. The van der Waals surface area contributed by atoms with Gasteiger partial charge in [-0.1, -0.05) is 62.3 Å². The molecule has 0 amide bonds. The van der Waals surface area contributed by atoms with E-state index in [0.29, 0.717) is 0 Å². The first kappa shape index (κ1) is 16.6. The van der Waals surface area contributed by atoms with Crippen LogP contribution in [0.3, 0.4) is 0 Å². The molecule has 0 heteroatoms. The Labute approximate surface area is 155 Å². The topological polar surface area (TPSA) is 0 Å². The van der Waals surface area contributed by atoms with Crippen molar-refractivity contribution in [2.75, 3.05) is 0 Å². The lowest BCUT2D eigenvalue weighted by Crippen LogP contribution is -2.30. The van der Waals surface area contributed by atoms with E-state index in [4.69, 9.17) is 0 Å². The highest BCUT2D eigenvalue weighted by molar-refractivity contribution is 5.21. The molecular weight excluding hydrogens is 300 g/mol. The predicted octanol–water partition coefficient (Wildman–Crippen LogP) is 7.31. The Hall–Kier alpha value is -0.520. The fourth-order valence-electron chi connectivity index (χ4n) is 7.71. The molecular formula is C25H38. The molecule has 0 heterocycles. The molecule has 5 aliphatic rings. The summed E-state index contributed by atoms with van der Waals surface area (Å²) in [6.07, 6.45) is 29.1. The average molecular weight is 339 g/mol. The van der Waals surface area contributed by atoms with Crippen LogP contribution in [0.4, 0.5) is 0 Å². The molecule has 0 spiro atoms. The van der Waals surface area contributed by atoms with Crippen molar-refractivity contribution in [2.45, 2.75) is 89.9 Å². The first-order valence-electron chi connectivity index (χ1n) is 11.8. The van der Waals surface area contributed by atoms with Crippen molar-refractivity contribution >= 4 is 0 Å². The molecule has 0 aromatic rings. The Kier molecular flexibility index (Phi) is 4.82. The van der Waals surface area contributed by atoms with Gasteiger partial charge in [-0.15, -0.1) is 0 Å². The zero-order chi connectivity index (χ0) is 16.6. The van der Waals surface area contributed by atoms with Gasteiger partial charge < -0.3 is 0 Å². The van der Waals surface area contributed by atoms with Crippen LogP contribution in [-0.2, 0) is 0 Å². The summed E-state index contributed by atoms with van der Waals surface area (Å²) in [4.78, 5) is 0. The minimum absolute atomic E-state index is 0.931. The molecule has 0 nitrogen and oxygen atoms in total. The Balaban J connectivity index is 1.29. The highest BCUT2D eigenvalue weighted by Crippen LogP contribution is 2.52. The first-order valence-corrected chi connectivity index (χ1v) is 11.8. The molecule has 0 N–H and O–H groups in total. The summed E-state index contributed by atoms with van der Waals surface area (Å²) < 4.78 is 0. The fraction of sp³-hybridized carbons (Fsp3) is 0.840. The van der Waals surface area contributed by atoms with Crippen molar-refractivity contribution in [3.05, 3.63) is 23.8 Å². The molecule has 5 rings (SSSR count). The van der Waals surface area contributed by atoms with E-state index in [1.54, 1.807) is 0 Å². The Morgan fingerprint density at radius 2 is 1.48 bits per heavy atom. The third-order valence-corrected chi connectivity index (χ3v) is 8.94. The second kappa shape index (κ2) is 7.24. The van der Waals surface area contributed by atoms with Gasteiger partial charge in [-0.3, -0.25) is 0 Å². The van der Waals surface area contributed by atoms with Crippen LogP contribution in [0, 0.1) is 41.4 Å². The van der Waals surface area contributed by atoms with Crippen LogP contribution in [0.25, 0.3) is 0 Å². The summed E-state index contributed by atoms with van der Waals surface area (Å²) in [5.74, 6) is 6.93. The summed E-state index contributed by atoms with van der Waals surface area (Å²) in [6.45, 7) is 0. The highest BCUT2D eigenvalue weighted by atomic mass is 14.5. The van der Waals surface area contributed by atoms with Crippen molar-refractivity contribution in [3.8, 4) is 0 Å². The number of fused-ring (bicyclic) bond motifs is 2. The smallest absolute Gasteiger partial charge is 0.0169 e. The largest absolute Gasteiger partial charge is 0.0848 e. The Morgan fingerprint density at radius 3 is 2.44 bits per heavy atom. The molecule has 25 heavy (non-hydrogen) atoms. The van der Waals surface area contributed by atoms with Gasteiger partial charge in [-0.05, 0) is 92.8 Å². The second-order valence-corrected chi connectivity index (χ2v) is 10.1. The van der Waals surface area contributed by atoms with Gasteiger partial charge in [0.1, 0.15) is 0 Å². The molecule has 0 saturated heterocycles. The maximum absolute atomic E-state index is 2.75. The Bertz CT molecular complexity index is 526. The molecule has 0 aromatic heterocycles. The first-order chi connectivity index (χ1) is 12.4. The predicted molar refractivity (Wildman–Crippen MR) is 106 cm³/mol. The van der Waals surface area contributed by atoms with Crippen LogP contribution in [0.15, 0.2) is 23.8 Å². The standard InChI is InChI=1S/C25H38/c1-4-10-22-18(7-1)13-14-21(22)17-20-9-3-6-12-24(20)25-16-15-19-8-2-5-11-23(19)25/h13-14,16,18-24H,1-12,15,17H2. The monoisotopic (exact) mass is 338 g/mol. The van der Waals surface area contributed by atoms with Crippen molar-refractivity contribution in [1.82, 2.24) is 0 Å². The number of rotatable bonds is 3. The second-order valence-electron chi connectivity index (χ2n) is 10.1. The molecule has 3 saturated carbocycles. The Morgan fingerprint density at radius 1 is 0.720 bits per heavy atom. The van der Waals surface area contributed by atoms with Crippen LogP contribution in [0.2, 0.25) is 0 Å². The summed E-state index contributed by atoms with van der Waals surface area (Å²) in [5, 5.41) is 0. The number of allylic oxidation sites excluding steroid dienone is 4. The zero-order valence-electron chi connectivity index (χ0n) is 16.2. The van der Waals surface area contributed by atoms with Crippen molar-refractivity contribution in [2.24, 2.45) is 41.4 Å². The molecule has 7 unspecified atom stereocenters. The maximum Gasteiger partial charge on any atom is -0.0169 e. The molecule has 0 aromatic carbocycles. The van der Waals surface area contributed by atoms with Crippen molar-refractivity contribution in [1.29, 1.82) is 0 Å². The van der Waals surface area contributed by atoms with E-state index in [9.17, 15) is 0 Å². The van der Waals surface area contributed by atoms with E-state index >= 15 is 0 Å². The van der Waals surface area contributed by atoms with Crippen LogP contribution in [0.1, 0.15) is 89.9 Å². The minimum atomic E-state index is 0.931. The van der Waals surface area contributed by atoms with E-state index in [-0.39, 0.29) is 0 Å². The highest BCUT2D eigenvalue weighted by Gasteiger charge is 2.41. The van der Waals surface area contributed by atoms with Gasteiger partial charge in [0.25, 0.3) is 0 Å². The molecule has 3 fully saturated rings. The molecule has 138 valence electrons. The van der Waals surface area contributed by atoms with Crippen molar-refractivity contribution < 1.29 is 0 Å². The van der Waals surface area contributed by atoms with Gasteiger partial charge in [-0.2, -0.15) is 0 Å². The summed E-state index contributed by atoms with van der Waals surface area (Å²) in [7, 11) is 0. The third kappa shape index (κ3) is 3.17. The van der Waals surface area contributed by atoms with E-state index < -0.39 is 0 Å². The van der Waals surface area contributed by atoms with Gasteiger partial charge in [0.05, 0.1) is 0 Å². The van der Waals surface area contributed by atoms with Crippen LogP contribution in [-0.4, -0.2) is 0 Å². The van der Waals surface area contributed by atoms with Gasteiger partial charge in [-0.25, -0.2) is 0 Å². The van der Waals surface area contributed by atoms with E-state index in [1.165, 1.54) is 89.9 Å². The molecule has 0 aliphatic heterocycles. The summed E-state index contributed by atoms with van der Waals surface area (Å²) in [6, 6.07) is 0. The minimum Gasteiger partial charge on any atom is -0.0848 e. The van der Waals surface area contributed by atoms with Gasteiger partial charge in [0.15, 0.2) is 0 Å². The van der Waals surface area contributed by atoms with Crippen molar-refractivity contribution in [3.63, 3.8) is 0 Å². The third-order valence-electron chi connectivity index (χ3n) is 8.94. The quantitative estimate of drug-likeness (QED) is 0.473. The lowest BCUT2D eigenvalue weighted by molar-refractivity contribution is 0.166. The fourth-order valence-corrected chi connectivity index (χ4v) is 7.71. The molecule has 5 aliphatic carbocycles. The summed E-state index contributed by atoms with van der Waals surface area (Å²) >= 11 is 0. The normalized spacial score (nSPS) is 46.6. The SMILES string of the molecule is C1=CC(CC2CCCCC2C2=CCC3CCCCC23)C2CCCCC12. The van der Waals surface area contributed by atoms with Gasteiger partial charge >= 0.3 is 0 Å². The van der Waals surface area contributed by atoms with Crippen LogP contribution in [0.5, 0.6) is 0 Å². The number of hydrogen-bond donors (Lipinski definition) is 0. The zero-order valence-corrected chi connectivity index (χ0v) is 16.2. The van der Waals surface area contributed by atoms with Gasteiger partial charge in [0.2, 0.25) is 0 Å². The number of hydrogen-bond acceptors (Lipinski definition) is 0. The van der Waals surface area contributed by atoms with Gasteiger partial charge in [0, 0.05) is 0 Å². The maximum atomic E-state index is 2.75. The van der Waals surface area contributed by atoms with Crippen LogP contribution < -0.4 is 0 Å². The average Bonchev–Trinajstić information content (AvgIpc) is 3.27. The summed E-state index contributed by atoms with van der Waals surface area (Å²) in [5.41, 5.74) is 1.97. The van der Waals surface area contributed by atoms with E-state index in [2.05, 4.69) is 18.2 Å². The lowest BCUT2D eigenvalue weighted by Gasteiger charge is -2.40. The van der Waals surface area contributed by atoms with E-state index in [1.807, 2.05) is 5.57 Å².